The Balaban J connectivity index is 1.61. The van der Waals surface area contributed by atoms with Gasteiger partial charge in [0.1, 0.15) is 5.76 Å². The molecule has 29 heavy (non-hydrogen) atoms. The van der Waals surface area contributed by atoms with E-state index in [1.807, 2.05) is 30.3 Å². The van der Waals surface area contributed by atoms with Crippen LogP contribution in [-0.4, -0.2) is 34.6 Å². The molecule has 0 saturated carbocycles. The average Bonchev–Trinajstić information content (AvgIpc) is 3.23. The number of aromatic nitrogens is 1. The van der Waals surface area contributed by atoms with Crippen LogP contribution in [0.4, 0.5) is 10.5 Å². The molecule has 0 aliphatic carbocycles. The minimum atomic E-state index is -0.295. The van der Waals surface area contributed by atoms with Gasteiger partial charge < -0.3 is 19.6 Å². The van der Waals surface area contributed by atoms with Crippen LogP contribution in [-0.2, 0) is 13.6 Å². The SMILES string of the molecule is CCC(C)N(CCNC(=O)Nc1cn(C)c(=O)c2ccccc12)Cc1ccco1. The maximum absolute atomic E-state index is 12.4. The summed E-state index contributed by atoms with van der Waals surface area (Å²) in [6.45, 7) is 6.22. The van der Waals surface area contributed by atoms with E-state index in [1.54, 1.807) is 25.6 Å². The summed E-state index contributed by atoms with van der Waals surface area (Å²) in [6.07, 6.45) is 4.33. The number of benzene rings is 1. The lowest BCUT2D eigenvalue weighted by Gasteiger charge is -2.27. The molecule has 0 aliphatic heterocycles. The molecule has 154 valence electrons. The van der Waals surface area contributed by atoms with Gasteiger partial charge in [-0.25, -0.2) is 4.79 Å². The lowest BCUT2D eigenvalue weighted by molar-refractivity contribution is 0.181. The number of carbonyl (C=O) groups excluding carboxylic acids is 1. The summed E-state index contributed by atoms with van der Waals surface area (Å²) in [5.74, 6) is 0.909. The number of hydrogen-bond acceptors (Lipinski definition) is 4. The van der Waals surface area contributed by atoms with Crippen LogP contribution in [0.3, 0.4) is 0 Å². The van der Waals surface area contributed by atoms with Crippen molar-refractivity contribution in [1.82, 2.24) is 14.8 Å². The molecule has 2 aromatic heterocycles. The molecule has 1 atom stereocenters. The molecule has 2 amide bonds. The fraction of sp³-hybridized carbons (Fsp3) is 0.364. The number of nitrogens with zero attached hydrogens (tertiary/aromatic N) is 2. The molecule has 0 fully saturated rings. The number of rotatable bonds is 8. The summed E-state index contributed by atoms with van der Waals surface area (Å²) in [4.78, 5) is 27.0. The van der Waals surface area contributed by atoms with Gasteiger partial charge in [-0.05, 0) is 31.5 Å². The number of hydrogen-bond donors (Lipinski definition) is 2. The molecule has 3 rings (SSSR count). The molecule has 7 heteroatoms. The van der Waals surface area contributed by atoms with Crippen molar-refractivity contribution >= 4 is 22.5 Å². The normalized spacial score (nSPS) is 12.3. The van der Waals surface area contributed by atoms with Gasteiger partial charge in [0.15, 0.2) is 0 Å². The molecule has 1 unspecified atom stereocenters. The van der Waals surface area contributed by atoms with E-state index >= 15 is 0 Å². The predicted molar refractivity (Wildman–Crippen MR) is 115 cm³/mol. The Hall–Kier alpha value is -3.06. The van der Waals surface area contributed by atoms with Crippen molar-refractivity contribution in [3.8, 4) is 0 Å². The first-order valence-corrected chi connectivity index (χ1v) is 9.89. The first-order valence-electron chi connectivity index (χ1n) is 9.89. The van der Waals surface area contributed by atoms with Gasteiger partial charge in [-0.1, -0.05) is 25.1 Å². The van der Waals surface area contributed by atoms with Gasteiger partial charge in [-0.2, -0.15) is 0 Å². The minimum absolute atomic E-state index is 0.0892. The highest BCUT2D eigenvalue weighted by Gasteiger charge is 2.15. The van der Waals surface area contributed by atoms with Gasteiger partial charge in [-0.3, -0.25) is 9.69 Å². The molecule has 2 heterocycles. The number of urea groups is 1. The van der Waals surface area contributed by atoms with Crippen molar-refractivity contribution in [2.75, 3.05) is 18.4 Å². The van der Waals surface area contributed by atoms with Crippen molar-refractivity contribution < 1.29 is 9.21 Å². The second kappa shape index (κ2) is 9.43. The summed E-state index contributed by atoms with van der Waals surface area (Å²) in [5, 5.41) is 7.08. The summed E-state index contributed by atoms with van der Waals surface area (Å²) < 4.78 is 6.94. The summed E-state index contributed by atoms with van der Waals surface area (Å²) >= 11 is 0. The van der Waals surface area contributed by atoms with Crippen LogP contribution in [0.5, 0.6) is 0 Å². The molecule has 0 radical (unpaired) electrons. The first kappa shape index (κ1) is 20.7. The van der Waals surface area contributed by atoms with Crippen LogP contribution in [0.2, 0.25) is 0 Å². The number of carbonyl (C=O) groups is 1. The van der Waals surface area contributed by atoms with E-state index in [0.29, 0.717) is 36.7 Å². The number of fused-ring (bicyclic) bond motifs is 1. The van der Waals surface area contributed by atoms with E-state index in [9.17, 15) is 9.59 Å². The second-order valence-electron chi connectivity index (χ2n) is 7.19. The van der Waals surface area contributed by atoms with Crippen molar-refractivity contribution in [2.24, 2.45) is 7.05 Å². The van der Waals surface area contributed by atoms with Crippen molar-refractivity contribution in [2.45, 2.75) is 32.9 Å². The molecular formula is C22H28N4O3. The number of nitrogens with one attached hydrogen (secondary N) is 2. The van der Waals surface area contributed by atoms with Gasteiger partial charge in [0.2, 0.25) is 0 Å². The Bertz CT molecular complexity index is 1010. The van der Waals surface area contributed by atoms with Crippen LogP contribution in [0, 0.1) is 0 Å². The molecule has 2 N–H and O–H groups in total. The minimum Gasteiger partial charge on any atom is -0.468 e. The zero-order valence-electron chi connectivity index (χ0n) is 17.1. The van der Waals surface area contributed by atoms with Crippen LogP contribution in [0.25, 0.3) is 10.8 Å². The monoisotopic (exact) mass is 396 g/mol. The second-order valence-corrected chi connectivity index (χ2v) is 7.19. The van der Waals surface area contributed by atoms with Crippen molar-refractivity contribution in [1.29, 1.82) is 0 Å². The Morgan fingerprint density at radius 3 is 2.66 bits per heavy atom. The van der Waals surface area contributed by atoms with Gasteiger partial charge in [0, 0.05) is 43.1 Å². The van der Waals surface area contributed by atoms with Gasteiger partial charge in [0.25, 0.3) is 5.56 Å². The summed E-state index contributed by atoms with van der Waals surface area (Å²) in [6, 6.07) is 11.2. The molecule has 3 aromatic rings. The third kappa shape index (κ3) is 5.06. The number of anilines is 1. The largest absolute Gasteiger partial charge is 0.468 e. The molecular weight excluding hydrogens is 368 g/mol. The fourth-order valence-corrected chi connectivity index (χ4v) is 3.31. The Morgan fingerprint density at radius 2 is 1.97 bits per heavy atom. The molecule has 0 spiro atoms. The summed E-state index contributed by atoms with van der Waals surface area (Å²) in [7, 11) is 1.68. The quantitative estimate of drug-likeness (QED) is 0.610. The van der Waals surface area contributed by atoms with Crippen LogP contribution < -0.4 is 16.2 Å². The van der Waals surface area contributed by atoms with Crippen LogP contribution in [0.1, 0.15) is 26.0 Å². The molecule has 0 aliphatic rings. The van der Waals surface area contributed by atoms with E-state index < -0.39 is 0 Å². The third-order valence-corrected chi connectivity index (χ3v) is 5.18. The lowest BCUT2D eigenvalue weighted by Crippen LogP contribution is -2.40. The van der Waals surface area contributed by atoms with Crippen LogP contribution >= 0.6 is 0 Å². The number of furan rings is 1. The predicted octanol–water partition coefficient (Wildman–Crippen LogP) is 3.55. The molecule has 1 aromatic carbocycles. The van der Waals surface area contributed by atoms with E-state index in [2.05, 4.69) is 29.4 Å². The lowest BCUT2D eigenvalue weighted by atomic mass is 10.1. The number of aryl methyl sites for hydroxylation is 1. The van der Waals surface area contributed by atoms with Gasteiger partial charge >= 0.3 is 6.03 Å². The number of amides is 2. The Morgan fingerprint density at radius 1 is 1.21 bits per heavy atom. The van der Waals surface area contributed by atoms with Crippen LogP contribution in [0.15, 0.2) is 58.1 Å². The molecule has 0 saturated heterocycles. The summed E-state index contributed by atoms with van der Waals surface area (Å²) in [5.41, 5.74) is 0.517. The van der Waals surface area contributed by atoms with E-state index in [-0.39, 0.29) is 11.6 Å². The van der Waals surface area contributed by atoms with E-state index in [4.69, 9.17) is 4.42 Å². The standard InChI is InChI=1S/C22H28N4O3/c1-4-16(2)26(14-17-8-7-13-29-17)12-11-23-22(28)24-20-15-25(3)21(27)19-10-6-5-9-18(19)20/h5-10,13,15-16H,4,11-12,14H2,1-3H3,(H2,23,24,28). The Kier molecular flexibility index (Phi) is 6.72. The highest BCUT2D eigenvalue weighted by atomic mass is 16.3. The van der Waals surface area contributed by atoms with Gasteiger partial charge in [0.05, 0.1) is 18.5 Å². The molecule has 0 bridgehead atoms. The van der Waals surface area contributed by atoms with Gasteiger partial charge in [-0.15, -0.1) is 0 Å². The topological polar surface area (TPSA) is 79.5 Å². The highest BCUT2D eigenvalue weighted by Crippen LogP contribution is 2.19. The average molecular weight is 396 g/mol. The van der Waals surface area contributed by atoms with E-state index in [1.165, 1.54) is 4.57 Å². The number of pyridine rings is 1. The zero-order valence-corrected chi connectivity index (χ0v) is 17.1. The maximum atomic E-state index is 12.4. The zero-order chi connectivity index (χ0) is 20.8. The molecule has 7 nitrogen and oxygen atoms in total. The smallest absolute Gasteiger partial charge is 0.319 e. The third-order valence-electron chi connectivity index (χ3n) is 5.18. The Labute approximate surface area is 170 Å². The first-order chi connectivity index (χ1) is 14.0. The highest BCUT2D eigenvalue weighted by molar-refractivity contribution is 6.00. The van der Waals surface area contributed by atoms with Crippen molar-refractivity contribution in [3.63, 3.8) is 0 Å². The maximum Gasteiger partial charge on any atom is 0.319 e. The van der Waals surface area contributed by atoms with Crippen molar-refractivity contribution in [3.05, 3.63) is 65.0 Å². The van der Waals surface area contributed by atoms with E-state index in [0.717, 1.165) is 17.6 Å². The fourth-order valence-electron chi connectivity index (χ4n) is 3.31.